The first-order valence-electron chi connectivity index (χ1n) is 6.41. The second kappa shape index (κ2) is 6.81. The van der Waals surface area contributed by atoms with Crippen molar-refractivity contribution in [1.82, 2.24) is 20.1 Å². The van der Waals surface area contributed by atoms with Crippen molar-refractivity contribution in [2.45, 2.75) is 13.0 Å². The van der Waals surface area contributed by atoms with Gasteiger partial charge in [0.1, 0.15) is 12.2 Å². The molecule has 0 atom stereocenters. The standard InChI is InChI=1S/C14H18N4O2/c1-18-10-16-17-13(18)7-8-15-9-11-3-5-12(6-4-11)14(19)20-2/h3-6,10,15H,7-9H2,1-2H3. The minimum absolute atomic E-state index is 0.313. The largest absolute Gasteiger partial charge is 0.465 e. The first-order chi connectivity index (χ1) is 9.70. The lowest BCUT2D eigenvalue weighted by Crippen LogP contribution is -2.18. The lowest BCUT2D eigenvalue weighted by atomic mass is 10.1. The highest BCUT2D eigenvalue weighted by molar-refractivity contribution is 5.89. The van der Waals surface area contributed by atoms with E-state index in [0.717, 1.165) is 30.9 Å². The van der Waals surface area contributed by atoms with Gasteiger partial charge in [0, 0.05) is 26.6 Å². The van der Waals surface area contributed by atoms with Crippen molar-refractivity contribution in [2.24, 2.45) is 7.05 Å². The van der Waals surface area contributed by atoms with Gasteiger partial charge in [0.25, 0.3) is 0 Å². The van der Waals surface area contributed by atoms with E-state index in [1.165, 1.54) is 7.11 Å². The summed E-state index contributed by atoms with van der Waals surface area (Å²) in [5.74, 6) is 0.644. The molecule has 6 nitrogen and oxygen atoms in total. The summed E-state index contributed by atoms with van der Waals surface area (Å²) in [5, 5.41) is 11.2. The van der Waals surface area contributed by atoms with E-state index in [4.69, 9.17) is 0 Å². The molecule has 0 aliphatic heterocycles. The smallest absolute Gasteiger partial charge is 0.337 e. The van der Waals surface area contributed by atoms with Crippen LogP contribution in [0.2, 0.25) is 0 Å². The summed E-state index contributed by atoms with van der Waals surface area (Å²) in [6.07, 6.45) is 2.53. The van der Waals surface area contributed by atoms with Gasteiger partial charge in [-0.3, -0.25) is 0 Å². The third-order valence-corrected chi connectivity index (χ3v) is 3.03. The number of ether oxygens (including phenoxy) is 1. The van der Waals surface area contributed by atoms with Crippen LogP contribution in [-0.4, -0.2) is 34.4 Å². The summed E-state index contributed by atoms with van der Waals surface area (Å²) < 4.78 is 6.57. The number of nitrogens with zero attached hydrogens (tertiary/aromatic N) is 3. The van der Waals surface area contributed by atoms with Crippen molar-refractivity contribution in [2.75, 3.05) is 13.7 Å². The summed E-state index contributed by atoms with van der Waals surface area (Å²) >= 11 is 0. The van der Waals surface area contributed by atoms with E-state index in [2.05, 4.69) is 20.3 Å². The Balaban J connectivity index is 1.77. The Kier molecular flexibility index (Phi) is 4.84. The molecule has 1 aromatic carbocycles. The zero-order chi connectivity index (χ0) is 14.4. The lowest BCUT2D eigenvalue weighted by molar-refractivity contribution is 0.0600. The molecule has 1 N–H and O–H groups in total. The van der Waals surface area contributed by atoms with Gasteiger partial charge in [-0.25, -0.2) is 4.79 Å². The molecule has 6 heteroatoms. The minimum atomic E-state index is -0.313. The van der Waals surface area contributed by atoms with Gasteiger partial charge in [-0.15, -0.1) is 10.2 Å². The highest BCUT2D eigenvalue weighted by Crippen LogP contribution is 2.05. The second-order valence-electron chi connectivity index (χ2n) is 4.47. The Morgan fingerprint density at radius 1 is 1.35 bits per heavy atom. The maximum Gasteiger partial charge on any atom is 0.337 e. The molecule has 1 heterocycles. The van der Waals surface area contributed by atoms with Crippen LogP contribution < -0.4 is 5.32 Å². The number of nitrogens with one attached hydrogen (secondary N) is 1. The van der Waals surface area contributed by atoms with Gasteiger partial charge in [0.05, 0.1) is 12.7 Å². The van der Waals surface area contributed by atoms with Crippen LogP contribution in [0, 0.1) is 0 Å². The average Bonchev–Trinajstić information content (AvgIpc) is 2.89. The fourth-order valence-electron chi connectivity index (χ4n) is 1.84. The summed E-state index contributed by atoms with van der Waals surface area (Å²) in [5.41, 5.74) is 1.69. The number of hydrogen-bond acceptors (Lipinski definition) is 5. The number of benzene rings is 1. The number of esters is 1. The third-order valence-electron chi connectivity index (χ3n) is 3.03. The van der Waals surface area contributed by atoms with Crippen LogP contribution in [0.5, 0.6) is 0 Å². The number of aromatic nitrogens is 3. The highest BCUT2D eigenvalue weighted by atomic mass is 16.5. The Morgan fingerprint density at radius 2 is 2.10 bits per heavy atom. The lowest BCUT2D eigenvalue weighted by Gasteiger charge is -2.05. The first kappa shape index (κ1) is 14.2. The van der Waals surface area contributed by atoms with Crippen LogP contribution in [0.25, 0.3) is 0 Å². The van der Waals surface area contributed by atoms with E-state index in [0.29, 0.717) is 5.56 Å². The zero-order valence-corrected chi connectivity index (χ0v) is 11.7. The van der Waals surface area contributed by atoms with E-state index in [1.54, 1.807) is 18.5 Å². The van der Waals surface area contributed by atoms with Crippen molar-refractivity contribution in [3.63, 3.8) is 0 Å². The molecular weight excluding hydrogens is 256 g/mol. The molecule has 1 aromatic heterocycles. The van der Waals surface area contributed by atoms with Crippen molar-refractivity contribution >= 4 is 5.97 Å². The van der Waals surface area contributed by atoms with E-state index < -0.39 is 0 Å². The normalized spacial score (nSPS) is 10.5. The number of methoxy groups -OCH3 is 1. The molecule has 0 saturated heterocycles. The molecule has 0 unspecified atom stereocenters. The van der Waals surface area contributed by atoms with Gasteiger partial charge >= 0.3 is 5.97 Å². The number of rotatable bonds is 6. The molecule has 0 radical (unpaired) electrons. The Morgan fingerprint density at radius 3 is 2.70 bits per heavy atom. The molecule has 0 amide bonds. The number of carbonyl (C=O) groups excluding carboxylic acids is 1. The summed E-state index contributed by atoms with van der Waals surface area (Å²) in [7, 11) is 3.31. The summed E-state index contributed by atoms with van der Waals surface area (Å²) in [4.78, 5) is 11.3. The van der Waals surface area contributed by atoms with E-state index >= 15 is 0 Å². The van der Waals surface area contributed by atoms with E-state index in [1.807, 2.05) is 23.7 Å². The average molecular weight is 274 g/mol. The van der Waals surface area contributed by atoms with E-state index in [9.17, 15) is 4.79 Å². The molecule has 0 saturated carbocycles. The zero-order valence-electron chi connectivity index (χ0n) is 11.7. The quantitative estimate of drug-likeness (QED) is 0.627. The topological polar surface area (TPSA) is 69.0 Å². The maximum absolute atomic E-state index is 11.3. The molecule has 2 aromatic rings. The van der Waals surface area contributed by atoms with Crippen LogP contribution in [0.1, 0.15) is 21.7 Å². The number of aryl methyl sites for hydroxylation is 1. The highest BCUT2D eigenvalue weighted by Gasteiger charge is 2.04. The molecule has 20 heavy (non-hydrogen) atoms. The SMILES string of the molecule is COC(=O)c1ccc(CNCCc2nncn2C)cc1. The predicted molar refractivity (Wildman–Crippen MR) is 74.2 cm³/mol. The first-order valence-corrected chi connectivity index (χ1v) is 6.41. The van der Waals surface area contributed by atoms with Gasteiger partial charge in [-0.05, 0) is 17.7 Å². The van der Waals surface area contributed by atoms with Gasteiger partial charge < -0.3 is 14.6 Å². The van der Waals surface area contributed by atoms with Crippen molar-refractivity contribution in [3.05, 3.63) is 47.5 Å². The maximum atomic E-state index is 11.3. The van der Waals surface area contributed by atoms with Gasteiger partial charge in [-0.2, -0.15) is 0 Å². The molecule has 2 rings (SSSR count). The third kappa shape index (κ3) is 3.64. The van der Waals surface area contributed by atoms with Gasteiger partial charge in [0.2, 0.25) is 0 Å². The Hall–Kier alpha value is -2.21. The summed E-state index contributed by atoms with van der Waals surface area (Å²) in [6, 6.07) is 7.38. The Bertz CT molecular complexity index is 563. The number of hydrogen-bond donors (Lipinski definition) is 1. The van der Waals surface area contributed by atoms with Crippen LogP contribution in [0.4, 0.5) is 0 Å². The summed E-state index contributed by atoms with van der Waals surface area (Å²) in [6.45, 7) is 1.57. The fraction of sp³-hybridized carbons (Fsp3) is 0.357. The van der Waals surface area contributed by atoms with Crippen LogP contribution in [-0.2, 0) is 24.8 Å². The molecule has 0 fully saturated rings. The second-order valence-corrected chi connectivity index (χ2v) is 4.47. The molecule has 0 aliphatic carbocycles. The van der Waals surface area contributed by atoms with Crippen molar-refractivity contribution in [1.29, 1.82) is 0 Å². The minimum Gasteiger partial charge on any atom is -0.465 e. The molecule has 106 valence electrons. The van der Waals surface area contributed by atoms with Crippen LogP contribution >= 0.6 is 0 Å². The predicted octanol–water partition coefficient (Wildman–Crippen LogP) is 0.934. The van der Waals surface area contributed by atoms with Gasteiger partial charge in [0.15, 0.2) is 0 Å². The molecule has 0 spiro atoms. The Labute approximate surface area is 117 Å². The molecule has 0 aliphatic rings. The van der Waals surface area contributed by atoms with Crippen molar-refractivity contribution < 1.29 is 9.53 Å². The van der Waals surface area contributed by atoms with Crippen LogP contribution in [0.15, 0.2) is 30.6 Å². The molecule has 0 bridgehead atoms. The van der Waals surface area contributed by atoms with Crippen molar-refractivity contribution in [3.8, 4) is 0 Å². The number of carbonyl (C=O) groups is 1. The van der Waals surface area contributed by atoms with Gasteiger partial charge in [-0.1, -0.05) is 12.1 Å². The van der Waals surface area contributed by atoms with Crippen LogP contribution in [0.3, 0.4) is 0 Å². The van der Waals surface area contributed by atoms with E-state index in [-0.39, 0.29) is 5.97 Å². The fourth-order valence-corrected chi connectivity index (χ4v) is 1.84. The monoisotopic (exact) mass is 274 g/mol. The molecular formula is C14H18N4O2.